The van der Waals surface area contributed by atoms with Gasteiger partial charge in [0.1, 0.15) is 5.69 Å². The topological polar surface area (TPSA) is 153 Å². The average Bonchev–Trinajstić information content (AvgIpc) is 2.27. The Bertz CT molecular complexity index is 624. The van der Waals surface area contributed by atoms with Crippen molar-refractivity contribution >= 4 is 27.2 Å². The summed E-state index contributed by atoms with van der Waals surface area (Å²) in [4.78, 5) is 19.6. The van der Waals surface area contributed by atoms with Crippen LogP contribution in [-0.4, -0.2) is 35.1 Å². The molecule has 0 aliphatic rings. The monoisotopic (exact) mass is 315 g/mol. The quantitative estimate of drug-likeness (QED) is 0.262. The Morgan fingerprint density at radius 2 is 1.85 bits per heavy atom. The fourth-order valence-corrected chi connectivity index (χ4v) is 1.61. The van der Waals surface area contributed by atoms with Crippen LogP contribution in [-0.2, 0) is 10.1 Å². The van der Waals surface area contributed by atoms with Crippen LogP contribution in [0.1, 0.15) is 1.43 Å². The fourth-order valence-electron chi connectivity index (χ4n) is 1.25. The second-order valence-electron chi connectivity index (χ2n) is 3.43. The first kappa shape index (κ1) is 18.7. The van der Waals surface area contributed by atoms with Gasteiger partial charge in [-0.2, -0.15) is 8.42 Å². The molecule has 0 aromatic heterocycles. The van der Waals surface area contributed by atoms with E-state index in [2.05, 4.69) is 5.32 Å². The summed E-state index contributed by atoms with van der Waals surface area (Å²) in [6.07, 6.45) is 0. The van der Waals surface area contributed by atoms with E-state index in [0.29, 0.717) is 0 Å². The van der Waals surface area contributed by atoms with E-state index < -0.39 is 37.1 Å². The van der Waals surface area contributed by atoms with Gasteiger partial charge in [-0.1, -0.05) is 0 Å². The molecule has 0 bridgehead atoms. The van der Waals surface area contributed by atoms with E-state index in [4.69, 9.17) is 4.55 Å². The van der Waals surface area contributed by atoms with Gasteiger partial charge in [0.2, 0.25) is 0 Å². The predicted octanol–water partition coefficient (Wildman–Crippen LogP) is -2.08. The van der Waals surface area contributed by atoms with Crippen molar-refractivity contribution in [1.29, 1.82) is 0 Å². The van der Waals surface area contributed by atoms with Crippen LogP contribution in [0.4, 0.5) is 17.1 Å². The number of hydrogen-bond acceptors (Lipinski definition) is 7. The Morgan fingerprint density at radius 1 is 1.25 bits per heavy atom. The van der Waals surface area contributed by atoms with E-state index in [9.17, 15) is 28.6 Å². The third-order valence-electron chi connectivity index (χ3n) is 2.06. The number of anilines is 1. The standard InChI is InChI=1S/C8H9N3O7S.Na.H/c12-10(13)6-1-2-7(8(5-6)11(14)15)9-3-4-19(16,17)18;;/h1-2,5,9H,3-4H2,(H,16,17,18);;/q;+1;-1. The molecule has 1 rings (SSSR count). The van der Waals surface area contributed by atoms with Crippen molar-refractivity contribution in [3.8, 4) is 0 Å². The zero-order chi connectivity index (χ0) is 14.6. The number of benzene rings is 1. The Morgan fingerprint density at radius 3 is 2.30 bits per heavy atom. The number of hydrogen-bond donors (Lipinski definition) is 2. The Kier molecular flexibility index (Phi) is 7.02. The average molecular weight is 315 g/mol. The van der Waals surface area contributed by atoms with Crippen LogP contribution < -0.4 is 34.9 Å². The van der Waals surface area contributed by atoms with Gasteiger partial charge in [0.15, 0.2) is 0 Å². The van der Waals surface area contributed by atoms with E-state index in [0.717, 1.165) is 18.2 Å². The van der Waals surface area contributed by atoms with Crippen molar-refractivity contribution in [3.63, 3.8) is 0 Å². The molecule has 0 atom stereocenters. The van der Waals surface area contributed by atoms with Crippen molar-refractivity contribution in [2.75, 3.05) is 17.6 Å². The largest absolute Gasteiger partial charge is 1.00 e. The first-order chi connectivity index (χ1) is 8.70. The minimum atomic E-state index is -4.19. The SMILES string of the molecule is O=[N+]([O-])c1ccc(NCCS(=O)(=O)O)c([N+](=O)[O-])c1.[H-].[Na+]. The van der Waals surface area contributed by atoms with Crippen molar-refractivity contribution in [1.82, 2.24) is 0 Å². The summed E-state index contributed by atoms with van der Waals surface area (Å²) in [5.74, 6) is -0.638. The maximum Gasteiger partial charge on any atom is 1.00 e. The first-order valence-corrected chi connectivity index (χ1v) is 6.43. The van der Waals surface area contributed by atoms with E-state index in [1.807, 2.05) is 0 Å². The van der Waals surface area contributed by atoms with Crippen LogP contribution in [0.15, 0.2) is 18.2 Å². The molecule has 2 N–H and O–H groups in total. The van der Waals surface area contributed by atoms with Gasteiger partial charge in [-0.05, 0) is 6.07 Å². The number of nitrogens with zero attached hydrogens (tertiary/aromatic N) is 2. The molecular weight excluding hydrogens is 305 g/mol. The van der Waals surface area contributed by atoms with Gasteiger partial charge in [-0.3, -0.25) is 24.8 Å². The fraction of sp³-hybridized carbons (Fsp3) is 0.250. The number of nitrogens with one attached hydrogen (secondary N) is 1. The van der Waals surface area contributed by atoms with Gasteiger partial charge < -0.3 is 6.74 Å². The molecule has 12 heteroatoms. The number of non-ortho nitro benzene ring substituents is 1. The van der Waals surface area contributed by atoms with Crippen molar-refractivity contribution < 1.29 is 53.8 Å². The third kappa shape index (κ3) is 5.79. The minimum absolute atomic E-state index is 0. The van der Waals surface area contributed by atoms with Gasteiger partial charge in [0.25, 0.3) is 21.5 Å². The molecule has 0 saturated heterocycles. The summed E-state index contributed by atoms with van der Waals surface area (Å²) < 4.78 is 29.5. The third-order valence-corrected chi connectivity index (χ3v) is 2.78. The smallest absolute Gasteiger partial charge is 1.00 e. The molecule has 20 heavy (non-hydrogen) atoms. The number of rotatable bonds is 6. The molecule has 0 aliphatic carbocycles. The molecule has 0 spiro atoms. The molecule has 0 radical (unpaired) electrons. The van der Waals surface area contributed by atoms with Crippen LogP contribution in [0.2, 0.25) is 0 Å². The van der Waals surface area contributed by atoms with Crippen LogP contribution in [0.3, 0.4) is 0 Å². The Balaban J connectivity index is 0. The zero-order valence-electron chi connectivity index (χ0n) is 11.3. The summed E-state index contributed by atoms with van der Waals surface area (Å²) in [6.45, 7) is -0.266. The Hall–Kier alpha value is -1.27. The van der Waals surface area contributed by atoms with E-state index >= 15 is 0 Å². The molecule has 1 aromatic carbocycles. The van der Waals surface area contributed by atoms with Gasteiger partial charge in [0.05, 0.1) is 21.7 Å². The van der Waals surface area contributed by atoms with E-state index in [-0.39, 0.29) is 43.2 Å². The molecular formula is C8H10N3NaO7S. The molecule has 0 amide bonds. The van der Waals surface area contributed by atoms with Crippen LogP contribution in [0.5, 0.6) is 0 Å². The van der Waals surface area contributed by atoms with Crippen LogP contribution in [0.25, 0.3) is 0 Å². The molecule has 0 unspecified atom stereocenters. The summed E-state index contributed by atoms with van der Waals surface area (Å²) in [6, 6.07) is 2.90. The normalized spacial score (nSPS) is 10.4. The van der Waals surface area contributed by atoms with Gasteiger partial charge in [-0.15, -0.1) is 0 Å². The molecule has 10 nitrogen and oxygen atoms in total. The maximum absolute atomic E-state index is 10.7. The molecule has 0 saturated carbocycles. The molecule has 106 valence electrons. The van der Waals surface area contributed by atoms with Crippen molar-refractivity contribution in [2.45, 2.75) is 0 Å². The van der Waals surface area contributed by atoms with Crippen molar-refractivity contribution in [3.05, 3.63) is 38.4 Å². The minimum Gasteiger partial charge on any atom is -1.00 e. The van der Waals surface area contributed by atoms with Gasteiger partial charge >= 0.3 is 29.6 Å². The predicted molar refractivity (Wildman–Crippen MR) is 65.8 cm³/mol. The van der Waals surface area contributed by atoms with Gasteiger partial charge in [0, 0.05) is 12.6 Å². The summed E-state index contributed by atoms with van der Waals surface area (Å²) in [5.41, 5.74) is -1.07. The summed E-state index contributed by atoms with van der Waals surface area (Å²) in [5, 5.41) is 23.6. The molecule has 0 fully saturated rings. The summed E-state index contributed by atoms with van der Waals surface area (Å²) >= 11 is 0. The second kappa shape index (κ2) is 7.50. The number of nitro groups is 2. The molecule has 0 aliphatic heterocycles. The Labute approximate surface area is 137 Å². The second-order valence-corrected chi connectivity index (χ2v) is 5.00. The first-order valence-electron chi connectivity index (χ1n) is 4.82. The molecule has 0 heterocycles. The van der Waals surface area contributed by atoms with Crippen LogP contribution in [0, 0.1) is 20.2 Å². The van der Waals surface area contributed by atoms with Crippen molar-refractivity contribution in [2.24, 2.45) is 0 Å². The van der Waals surface area contributed by atoms with Crippen LogP contribution >= 0.6 is 0 Å². The zero-order valence-corrected chi connectivity index (χ0v) is 13.2. The van der Waals surface area contributed by atoms with E-state index in [1.54, 1.807) is 0 Å². The van der Waals surface area contributed by atoms with E-state index in [1.165, 1.54) is 0 Å². The molecule has 1 aromatic rings. The van der Waals surface area contributed by atoms with Gasteiger partial charge in [-0.25, -0.2) is 0 Å². The summed E-state index contributed by atoms with van der Waals surface area (Å²) in [7, 11) is -4.19. The number of nitro benzene ring substituents is 2. The maximum atomic E-state index is 10.7.